The van der Waals surface area contributed by atoms with Gasteiger partial charge in [0.05, 0.1) is 0 Å². The number of nitrogens with zero attached hydrogens (tertiary/aromatic N) is 18. The number of rotatable bonds is 0. The number of hydrogen-bond acceptors (Lipinski definition) is 20. The maximum atomic E-state index is 10.7. The molecule has 2 amide bonds. The number of ether oxygens (including phenoxy) is 1. The van der Waals surface area contributed by atoms with Gasteiger partial charge in [-0.1, -0.05) is 7.43 Å². The van der Waals surface area contributed by atoms with Gasteiger partial charge < -0.3 is 46.1 Å². The van der Waals surface area contributed by atoms with Gasteiger partial charge in [-0.3, -0.25) is 39.9 Å². The Kier molecular flexibility index (Phi) is 12.8. The van der Waals surface area contributed by atoms with Crippen molar-refractivity contribution in [2.75, 3.05) is 0 Å². The Labute approximate surface area is 358 Å². The van der Waals surface area contributed by atoms with Crippen molar-refractivity contribution in [3.63, 3.8) is 0 Å². The fourth-order valence-electron chi connectivity index (χ4n) is 5.33. The zero-order valence-corrected chi connectivity index (χ0v) is 32.3. The van der Waals surface area contributed by atoms with Crippen LogP contribution in [0.2, 0.25) is 0 Å². The molecule has 0 aliphatic carbocycles. The van der Waals surface area contributed by atoms with Gasteiger partial charge in [0.1, 0.15) is 68.1 Å². The average molecular weight is 929 g/mol. The number of carbonyl (C=O) groups is 3. The Hall–Kier alpha value is -7.21. The van der Waals surface area contributed by atoms with E-state index >= 15 is 0 Å². The molecule has 0 radical (unpaired) electrons. The first kappa shape index (κ1) is 42.4. The summed E-state index contributed by atoms with van der Waals surface area (Å²) < 4.78 is 4.23. The third kappa shape index (κ3) is 8.22. The normalized spacial score (nSPS) is 11.4. The molecule has 8 aromatic rings. The summed E-state index contributed by atoms with van der Waals surface area (Å²) >= 11 is 0.194. The molecule has 11 heterocycles. The van der Waals surface area contributed by atoms with Gasteiger partial charge in [-0.15, -0.1) is 0 Å². The molecule has 11 rings (SSSR count). The molecular weight excluding hydrogens is 911 g/mol. The number of halogens is 2. The topological polar surface area (TPSA) is 347 Å². The molecule has 0 saturated heterocycles. The molecule has 8 aromatic heterocycles. The quantitative estimate of drug-likeness (QED) is 0.125. The second kappa shape index (κ2) is 18.2. The van der Waals surface area contributed by atoms with Crippen molar-refractivity contribution in [1.82, 2.24) is 89.7 Å². The molecular formula is C32H18Cl2Fe2N20O4. The second-order valence-electron chi connectivity index (χ2n) is 10.9. The molecule has 3 aliphatic rings. The first-order valence-corrected chi connectivity index (χ1v) is 18.7. The summed E-state index contributed by atoms with van der Waals surface area (Å²) in [7, 11) is 9.53. The molecule has 24 nitrogen and oxygen atoms in total. The molecule has 0 atom stereocenters. The van der Waals surface area contributed by atoms with Crippen LogP contribution in [0, 0.1) is 0 Å². The monoisotopic (exact) mass is 928 g/mol. The van der Waals surface area contributed by atoms with Gasteiger partial charge in [0, 0.05) is 84.6 Å². The van der Waals surface area contributed by atoms with E-state index in [-0.39, 0.29) is 94.9 Å². The minimum absolute atomic E-state index is 0. The number of carbonyl (C=O) groups excluding carboxylic acids is 3. The van der Waals surface area contributed by atoms with Crippen LogP contribution in [-0.4, -0.2) is 97.7 Å². The van der Waals surface area contributed by atoms with Crippen molar-refractivity contribution in [2.24, 2.45) is 11.5 Å². The van der Waals surface area contributed by atoms with Crippen LogP contribution in [-0.2, 0) is 34.9 Å². The summed E-state index contributed by atoms with van der Waals surface area (Å²) in [6.45, 7) is 0. The summed E-state index contributed by atoms with van der Waals surface area (Å²) in [5, 5.41) is 0. The Bertz CT molecular complexity index is 2780. The summed E-state index contributed by atoms with van der Waals surface area (Å²) in [6.07, 6.45) is 15.1. The maximum absolute atomic E-state index is 10.7. The van der Waals surface area contributed by atoms with Crippen LogP contribution in [0.25, 0.3) is 90.7 Å². The molecule has 3 aliphatic heterocycles. The zero-order valence-electron chi connectivity index (χ0n) is 28.6. The molecule has 0 unspecified atom stereocenters. The third-order valence-corrected chi connectivity index (χ3v) is 7.45. The molecule has 60 heavy (non-hydrogen) atoms. The Morgan fingerprint density at radius 2 is 0.683 bits per heavy atom. The molecule has 4 N–H and O–H groups in total. The summed E-state index contributed by atoms with van der Waals surface area (Å²) in [5.41, 5.74) is 12.9. The summed E-state index contributed by atoms with van der Waals surface area (Å²) in [4.78, 5) is 111. The molecule has 300 valence electrons. The van der Waals surface area contributed by atoms with Gasteiger partial charge in [0.15, 0.2) is 11.4 Å². The molecule has 0 spiro atoms. The van der Waals surface area contributed by atoms with Crippen LogP contribution in [0.15, 0.2) is 62.0 Å². The van der Waals surface area contributed by atoms with Gasteiger partial charge >= 0.3 is 68.4 Å². The standard InChI is InChI=1S/C24H8N16.C6H2N2O3.CH4N2O.CH4.2ClH.2Fe/c1-2-26-10-9(25-1)17-33-18(10)38-20-13-14(30-6-5-29-13)22(35-20)40-24-16-15(31-7-8-32-16)23(36-24)39-21-12-11(19(34-21)37-17)27-3-4-28-12;9-5-3-4(6(10)11-5)8-2-1-7-3;2-1(3)4;;;;;/h1-8H;1-2H;(H4,2,3,4);1H4;2*1H;;/q-2;;;;;;2*+2/p-2. The van der Waals surface area contributed by atoms with Crippen molar-refractivity contribution < 1.29 is 49.3 Å². The number of aromatic nitrogens is 18. The van der Waals surface area contributed by atoms with Gasteiger partial charge in [-0.25, -0.2) is 34.3 Å². The van der Waals surface area contributed by atoms with E-state index in [0.717, 1.165) is 0 Å². The smallest absolute Gasteiger partial charge is 0.354 e. The number of primary amides is 2. The van der Waals surface area contributed by atoms with E-state index in [0.29, 0.717) is 44.8 Å². The van der Waals surface area contributed by atoms with E-state index in [1.165, 1.54) is 12.4 Å². The van der Waals surface area contributed by atoms with Crippen LogP contribution >= 0.6 is 20.2 Å². The van der Waals surface area contributed by atoms with Gasteiger partial charge in [0.2, 0.25) is 0 Å². The van der Waals surface area contributed by atoms with E-state index in [4.69, 9.17) is 25.0 Å². The number of fused-ring (bicyclic) bond motifs is 21. The number of hydrogen-bond donors (Lipinski definition) is 2. The number of cyclic esters (lactones) is 2. The molecule has 0 fully saturated rings. The van der Waals surface area contributed by atoms with Crippen molar-refractivity contribution in [2.45, 2.75) is 7.43 Å². The van der Waals surface area contributed by atoms with E-state index in [9.17, 15) is 9.59 Å². The van der Waals surface area contributed by atoms with Crippen LogP contribution in [0.5, 0.6) is 0 Å². The number of esters is 2. The SMILES string of the molecule is C.NC(N)=O.O=C1OC(=O)c2nccnc21.[Cl][Fe][Cl].[Fe+2].c1cnc2c(n1)-c1nc-2nc2[n-]c(nc3nc(nc4[n-]c(n1)c1nccnc41)-c1nccnc1-3)c1nccnc21. The Balaban J connectivity index is 0.000000254. The van der Waals surface area contributed by atoms with E-state index < -0.39 is 18.0 Å². The molecule has 28 heteroatoms. The van der Waals surface area contributed by atoms with Crippen LogP contribution in [0.4, 0.5) is 4.79 Å². The number of urea groups is 1. The predicted octanol–water partition coefficient (Wildman–Crippen LogP) is 2.11. The fourth-order valence-corrected chi connectivity index (χ4v) is 5.33. The molecule has 0 aromatic carbocycles. The Morgan fingerprint density at radius 1 is 0.467 bits per heavy atom. The van der Waals surface area contributed by atoms with Crippen molar-refractivity contribution in [3.05, 3.63) is 73.4 Å². The summed E-state index contributed by atoms with van der Waals surface area (Å²) in [5.74, 6) is -0.439. The largest absolute Gasteiger partial charge is 2.00 e. The Morgan fingerprint density at radius 3 is 0.933 bits per heavy atom. The first-order chi connectivity index (χ1) is 28.2. The van der Waals surface area contributed by atoms with Crippen molar-refractivity contribution >= 4 is 82.8 Å². The minimum atomic E-state index is -0.833. The third-order valence-electron chi connectivity index (χ3n) is 7.45. The van der Waals surface area contributed by atoms with E-state index in [2.05, 4.69) is 106 Å². The van der Waals surface area contributed by atoms with Gasteiger partial charge in [-0.05, 0) is 0 Å². The van der Waals surface area contributed by atoms with Crippen molar-refractivity contribution in [3.8, 4) is 46.1 Å². The first-order valence-electron chi connectivity index (χ1n) is 15.7. The van der Waals surface area contributed by atoms with Crippen LogP contribution < -0.4 is 21.4 Å². The van der Waals surface area contributed by atoms with Gasteiger partial charge in [0.25, 0.3) is 0 Å². The fraction of sp³-hybridized carbons (Fsp3) is 0.0312. The van der Waals surface area contributed by atoms with Crippen molar-refractivity contribution in [1.29, 1.82) is 0 Å². The summed E-state index contributed by atoms with van der Waals surface area (Å²) in [6, 6.07) is -0.833. The predicted molar refractivity (Wildman–Crippen MR) is 200 cm³/mol. The number of amides is 2. The average Bonchev–Trinajstić information content (AvgIpc) is 4.02. The van der Waals surface area contributed by atoms with Crippen LogP contribution in [0.1, 0.15) is 28.4 Å². The molecule has 0 saturated carbocycles. The van der Waals surface area contributed by atoms with E-state index in [1.54, 1.807) is 49.6 Å². The van der Waals surface area contributed by atoms with Crippen LogP contribution in [0.3, 0.4) is 0 Å². The molecule has 8 bridgehead atoms. The van der Waals surface area contributed by atoms with E-state index in [1.807, 2.05) is 0 Å². The number of nitrogens with two attached hydrogens (primary N) is 2. The zero-order chi connectivity index (χ0) is 40.3. The minimum Gasteiger partial charge on any atom is -0.354 e. The van der Waals surface area contributed by atoms with Gasteiger partial charge in [-0.2, -0.15) is 0 Å². The second-order valence-corrected chi connectivity index (χ2v) is 12.7. The maximum Gasteiger partial charge on any atom is 2.00 e.